The Morgan fingerprint density at radius 2 is 1.76 bits per heavy atom. The van der Waals surface area contributed by atoms with Gasteiger partial charge in [-0.3, -0.25) is 9.59 Å². The second-order valence-corrected chi connectivity index (χ2v) is 6.55. The summed E-state index contributed by atoms with van der Waals surface area (Å²) in [6, 6.07) is 14.6. The maximum absolute atomic E-state index is 12.2. The second kappa shape index (κ2) is 9.37. The van der Waals surface area contributed by atoms with E-state index in [4.69, 9.17) is 4.74 Å². The van der Waals surface area contributed by atoms with Gasteiger partial charge in [0.05, 0.1) is 12.6 Å². The summed E-state index contributed by atoms with van der Waals surface area (Å²) in [6.07, 6.45) is 0.351. The van der Waals surface area contributed by atoms with Crippen LogP contribution in [0.15, 0.2) is 53.0 Å². The quantitative estimate of drug-likeness (QED) is 0.650. The smallest absolute Gasteiger partial charge is 0.220 e. The van der Waals surface area contributed by atoms with Gasteiger partial charge in [-0.15, -0.1) is 0 Å². The molecule has 0 spiro atoms. The zero-order valence-corrected chi connectivity index (χ0v) is 16.0. The molecule has 0 aliphatic carbocycles. The van der Waals surface area contributed by atoms with Crippen molar-refractivity contribution in [2.75, 3.05) is 6.61 Å². The van der Waals surface area contributed by atoms with Crippen molar-refractivity contribution in [1.82, 2.24) is 5.32 Å². The molecule has 25 heavy (non-hydrogen) atoms. The molecule has 0 aromatic heterocycles. The molecule has 2 aromatic carbocycles. The monoisotopic (exact) mass is 403 g/mol. The topological polar surface area (TPSA) is 55.4 Å². The first kappa shape index (κ1) is 19.2. The number of ketones is 1. The van der Waals surface area contributed by atoms with Crippen molar-refractivity contribution in [1.29, 1.82) is 0 Å². The Hall–Kier alpha value is -2.14. The van der Waals surface area contributed by atoms with E-state index < -0.39 is 0 Å². The van der Waals surface area contributed by atoms with Crippen LogP contribution in [0.4, 0.5) is 0 Å². The molecule has 4 nitrogen and oxygen atoms in total. The molecule has 0 saturated carbocycles. The molecule has 2 rings (SSSR count). The lowest BCUT2D eigenvalue weighted by Gasteiger charge is -2.15. The first-order chi connectivity index (χ1) is 12.0. The van der Waals surface area contributed by atoms with Crippen molar-refractivity contribution in [3.63, 3.8) is 0 Å². The zero-order valence-electron chi connectivity index (χ0n) is 14.4. The molecule has 132 valence electrons. The molecule has 0 heterocycles. The number of benzene rings is 2. The molecule has 0 fully saturated rings. The number of amides is 1. The van der Waals surface area contributed by atoms with E-state index in [1.54, 1.807) is 24.3 Å². The van der Waals surface area contributed by atoms with Gasteiger partial charge in [0.2, 0.25) is 5.91 Å². The minimum Gasteiger partial charge on any atom is -0.494 e. The minimum absolute atomic E-state index is 0.0493. The summed E-state index contributed by atoms with van der Waals surface area (Å²) in [6.45, 7) is 4.42. The van der Waals surface area contributed by atoms with Crippen molar-refractivity contribution in [3.05, 3.63) is 64.1 Å². The van der Waals surface area contributed by atoms with Crippen LogP contribution in [0, 0.1) is 0 Å². The number of carbonyl (C=O) groups excluding carboxylic acids is 2. The van der Waals surface area contributed by atoms with Crippen LogP contribution in [0.3, 0.4) is 0 Å². The zero-order chi connectivity index (χ0) is 18.2. The predicted octanol–water partition coefficient (Wildman–Crippen LogP) is 4.69. The first-order valence-corrected chi connectivity index (χ1v) is 9.10. The number of hydrogen-bond acceptors (Lipinski definition) is 3. The highest BCUT2D eigenvalue weighted by molar-refractivity contribution is 9.10. The van der Waals surface area contributed by atoms with Crippen LogP contribution >= 0.6 is 15.9 Å². The third-order valence-corrected chi connectivity index (χ3v) is 4.54. The predicted molar refractivity (Wildman–Crippen MR) is 102 cm³/mol. The standard InChI is InChI=1S/C20H22BrNO3/c1-3-25-16-10-8-15(9-11-16)19(23)12-13-20(24)22-14(2)17-6-4-5-7-18(17)21/h4-11,14H,3,12-13H2,1-2H3,(H,22,24)/t14-/m0/s1. The summed E-state index contributed by atoms with van der Waals surface area (Å²) >= 11 is 3.48. The van der Waals surface area contributed by atoms with E-state index in [1.165, 1.54) is 0 Å². The Morgan fingerprint density at radius 3 is 2.40 bits per heavy atom. The number of Topliss-reactive ketones (excluding diaryl/α,β-unsaturated/α-hetero) is 1. The SMILES string of the molecule is CCOc1ccc(C(=O)CCC(=O)N[C@@H](C)c2ccccc2Br)cc1. The van der Waals surface area contributed by atoms with Crippen molar-refractivity contribution in [3.8, 4) is 5.75 Å². The molecular formula is C20H22BrNO3. The molecule has 1 atom stereocenters. The number of halogens is 1. The lowest BCUT2D eigenvalue weighted by Crippen LogP contribution is -2.27. The lowest BCUT2D eigenvalue weighted by molar-refractivity contribution is -0.121. The summed E-state index contributed by atoms with van der Waals surface area (Å²) in [5, 5.41) is 2.93. The number of carbonyl (C=O) groups is 2. The molecule has 0 aliphatic heterocycles. The number of ether oxygens (including phenoxy) is 1. The Bertz CT molecular complexity index is 728. The molecule has 1 N–H and O–H groups in total. The Kier molecular flexibility index (Phi) is 7.19. The Labute approximate surface area is 156 Å². The van der Waals surface area contributed by atoms with E-state index in [-0.39, 0.29) is 30.6 Å². The van der Waals surface area contributed by atoms with E-state index in [1.807, 2.05) is 38.1 Å². The minimum atomic E-state index is -0.137. The van der Waals surface area contributed by atoms with Gasteiger partial charge < -0.3 is 10.1 Å². The number of hydrogen-bond donors (Lipinski definition) is 1. The third-order valence-electron chi connectivity index (χ3n) is 3.82. The van der Waals surface area contributed by atoms with E-state index in [9.17, 15) is 9.59 Å². The van der Waals surface area contributed by atoms with Crippen molar-refractivity contribution >= 4 is 27.6 Å². The molecule has 0 radical (unpaired) electrons. The fourth-order valence-corrected chi connectivity index (χ4v) is 3.12. The average molecular weight is 404 g/mol. The number of rotatable bonds is 8. The van der Waals surface area contributed by atoms with Crippen LogP contribution in [0.1, 0.15) is 48.7 Å². The Morgan fingerprint density at radius 1 is 1.08 bits per heavy atom. The van der Waals surface area contributed by atoms with Crippen LogP contribution in [0.25, 0.3) is 0 Å². The molecule has 5 heteroatoms. The fourth-order valence-electron chi connectivity index (χ4n) is 2.49. The fraction of sp³-hybridized carbons (Fsp3) is 0.300. The van der Waals surface area contributed by atoms with Gasteiger partial charge in [-0.05, 0) is 49.7 Å². The summed E-state index contributed by atoms with van der Waals surface area (Å²) < 4.78 is 6.31. The van der Waals surface area contributed by atoms with Crippen LogP contribution in [-0.4, -0.2) is 18.3 Å². The molecule has 0 aliphatic rings. The van der Waals surface area contributed by atoms with E-state index in [2.05, 4.69) is 21.2 Å². The summed E-state index contributed by atoms with van der Waals surface area (Å²) in [5.41, 5.74) is 1.60. The van der Waals surface area contributed by atoms with E-state index in [0.29, 0.717) is 12.2 Å². The largest absolute Gasteiger partial charge is 0.494 e. The van der Waals surface area contributed by atoms with Gasteiger partial charge in [-0.2, -0.15) is 0 Å². The molecule has 2 aromatic rings. The highest BCUT2D eigenvalue weighted by Gasteiger charge is 2.14. The van der Waals surface area contributed by atoms with Crippen molar-refractivity contribution < 1.29 is 14.3 Å². The van der Waals surface area contributed by atoms with Gasteiger partial charge in [0.25, 0.3) is 0 Å². The second-order valence-electron chi connectivity index (χ2n) is 5.69. The van der Waals surface area contributed by atoms with E-state index >= 15 is 0 Å². The highest BCUT2D eigenvalue weighted by atomic mass is 79.9. The van der Waals surface area contributed by atoms with Gasteiger partial charge in [0, 0.05) is 22.9 Å². The molecular weight excluding hydrogens is 382 g/mol. The van der Waals surface area contributed by atoms with Gasteiger partial charge >= 0.3 is 0 Å². The first-order valence-electron chi connectivity index (χ1n) is 8.31. The van der Waals surface area contributed by atoms with Gasteiger partial charge in [-0.1, -0.05) is 34.1 Å². The molecule has 0 unspecified atom stereocenters. The highest BCUT2D eigenvalue weighted by Crippen LogP contribution is 2.22. The summed E-state index contributed by atoms with van der Waals surface area (Å²) in [7, 11) is 0. The molecule has 0 saturated heterocycles. The maximum atomic E-state index is 12.2. The van der Waals surface area contributed by atoms with Crippen molar-refractivity contribution in [2.45, 2.75) is 32.7 Å². The van der Waals surface area contributed by atoms with Crippen LogP contribution in [-0.2, 0) is 4.79 Å². The number of nitrogens with one attached hydrogen (secondary N) is 1. The van der Waals surface area contributed by atoms with Crippen LogP contribution < -0.4 is 10.1 Å². The summed E-state index contributed by atoms with van der Waals surface area (Å²) in [4.78, 5) is 24.3. The summed E-state index contributed by atoms with van der Waals surface area (Å²) in [5.74, 6) is 0.549. The van der Waals surface area contributed by atoms with E-state index in [0.717, 1.165) is 15.8 Å². The maximum Gasteiger partial charge on any atom is 0.220 e. The normalized spacial score (nSPS) is 11.6. The van der Waals surface area contributed by atoms with Gasteiger partial charge in [0.1, 0.15) is 5.75 Å². The van der Waals surface area contributed by atoms with Crippen LogP contribution in [0.2, 0.25) is 0 Å². The van der Waals surface area contributed by atoms with Gasteiger partial charge in [-0.25, -0.2) is 0 Å². The lowest BCUT2D eigenvalue weighted by atomic mass is 10.1. The van der Waals surface area contributed by atoms with Crippen LogP contribution in [0.5, 0.6) is 5.75 Å². The Balaban J connectivity index is 1.84. The molecule has 0 bridgehead atoms. The average Bonchev–Trinajstić information content (AvgIpc) is 2.61. The van der Waals surface area contributed by atoms with Crippen molar-refractivity contribution in [2.24, 2.45) is 0 Å². The molecule has 1 amide bonds. The van der Waals surface area contributed by atoms with Gasteiger partial charge in [0.15, 0.2) is 5.78 Å². The third kappa shape index (κ3) is 5.71.